The van der Waals surface area contributed by atoms with Crippen LogP contribution in [0.1, 0.15) is 49.4 Å². The second kappa shape index (κ2) is 9.79. The van der Waals surface area contributed by atoms with E-state index in [0.717, 1.165) is 0 Å². The number of hydrogen-bond donors (Lipinski definition) is 3. The molecule has 0 aromatic heterocycles. The summed E-state index contributed by atoms with van der Waals surface area (Å²) >= 11 is 0. The van der Waals surface area contributed by atoms with Gasteiger partial charge in [0.1, 0.15) is 5.75 Å². The average molecular weight is 362 g/mol. The number of carboxylic acid groups (broad SMARTS) is 1. The van der Waals surface area contributed by atoms with Crippen molar-refractivity contribution >= 4 is 17.8 Å². The number of benzene rings is 1. The minimum absolute atomic E-state index is 0.0590. The topological polar surface area (TPSA) is 105 Å². The van der Waals surface area contributed by atoms with Crippen LogP contribution in [0.25, 0.3) is 0 Å². The Bertz CT molecular complexity index is 647. The highest BCUT2D eigenvalue weighted by Gasteiger charge is 2.30. The van der Waals surface area contributed by atoms with Crippen LogP contribution in [0.3, 0.4) is 0 Å². The summed E-state index contributed by atoms with van der Waals surface area (Å²) in [6.45, 7) is 2.72. The maximum Gasteiger partial charge on any atom is 0.306 e. The molecule has 2 rings (SSSR count). The average Bonchev–Trinajstić information content (AvgIpc) is 3.08. The number of nitrogens with one attached hydrogen (secondary N) is 2. The molecule has 142 valence electrons. The molecule has 0 spiro atoms. The van der Waals surface area contributed by atoms with Crippen molar-refractivity contribution in [2.45, 2.75) is 45.1 Å². The summed E-state index contributed by atoms with van der Waals surface area (Å²) in [5, 5.41) is 14.6. The van der Waals surface area contributed by atoms with E-state index in [9.17, 15) is 14.4 Å². The Hall–Kier alpha value is -2.57. The second-order valence-corrected chi connectivity index (χ2v) is 6.40. The lowest BCUT2D eigenvalue weighted by atomic mass is 10.1. The molecule has 0 radical (unpaired) electrons. The Morgan fingerprint density at radius 2 is 2.00 bits per heavy atom. The predicted molar refractivity (Wildman–Crippen MR) is 96.1 cm³/mol. The monoisotopic (exact) mass is 362 g/mol. The molecular weight excluding hydrogens is 336 g/mol. The van der Waals surface area contributed by atoms with Gasteiger partial charge in [0.05, 0.1) is 18.1 Å². The first-order valence-electron chi connectivity index (χ1n) is 9.03. The van der Waals surface area contributed by atoms with Crippen LogP contribution >= 0.6 is 0 Å². The molecule has 0 heterocycles. The zero-order chi connectivity index (χ0) is 18.9. The van der Waals surface area contributed by atoms with Crippen LogP contribution < -0.4 is 15.4 Å². The van der Waals surface area contributed by atoms with E-state index in [1.807, 2.05) is 13.0 Å². The van der Waals surface area contributed by atoms with Gasteiger partial charge < -0.3 is 20.5 Å². The molecule has 3 N–H and O–H groups in total. The fourth-order valence-corrected chi connectivity index (χ4v) is 3.12. The molecule has 1 aromatic carbocycles. The van der Waals surface area contributed by atoms with Crippen LogP contribution in [0, 0.1) is 5.92 Å². The molecule has 7 nitrogen and oxygen atoms in total. The van der Waals surface area contributed by atoms with E-state index < -0.39 is 5.97 Å². The van der Waals surface area contributed by atoms with Gasteiger partial charge in [-0.15, -0.1) is 0 Å². The van der Waals surface area contributed by atoms with Gasteiger partial charge in [-0.2, -0.15) is 0 Å². The molecule has 0 aliphatic heterocycles. The fourth-order valence-electron chi connectivity index (χ4n) is 3.12. The number of hydrogen-bond acceptors (Lipinski definition) is 4. The molecule has 26 heavy (non-hydrogen) atoms. The highest BCUT2D eigenvalue weighted by atomic mass is 16.5. The summed E-state index contributed by atoms with van der Waals surface area (Å²) in [6, 6.07) is 6.97. The van der Waals surface area contributed by atoms with Crippen LogP contribution in [0.4, 0.5) is 0 Å². The van der Waals surface area contributed by atoms with Crippen molar-refractivity contribution in [1.82, 2.24) is 10.6 Å². The lowest BCUT2D eigenvalue weighted by Gasteiger charge is -2.13. The summed E-state index contributed by atoms with van der Waals surface area (Å²) in [4.78, 5) is 35.1. The molecule has 0 saturated heterocycles. The quantitative estimate of drug-likeness (QED) is 0.583. The van der Waals surface area contributed by atoms with Crippen molar-refractivity contribution in [3.05, 3.63) is 29.8 Å². The molecule has 1 aliphatic rings. The van der Waals surface area contributed by atoms with E-state index in [1.54, 1.807) is 18.2 Å². The maximum absolute atomic E-state index is 12.2. The predicted octanol–water partition coefficient (Wildman–Crippen LogP) is 1.96. The van der Waals surface area contributed by atoms with Gasteiger partial charge in [-0.05, 0) is 44.7 Å². The number of carbonyl (C=O) groups excluding carboxylic acids is 2. The van der Waals surface area contributed by atoms with Gasteiger partial charge in [-0.1, -0.05) is 12.1 Å². The highest BCUT2D eigenvalue weighted by molar-refractivity contribution is 5.96. The van der Waals surface area contributed by atoms with Crippen LogP contribution in [-0.4, -0.2) is 42.1 Å². The molecule has 1 aliphatic carbocycles. The highest BCUT2D eigenvalue weighted by Crippen LogP contribution is 2.25. The van der Waals surface area contributed by atoms with Crippen molar-refractivity contribution in [3.63, 3.8) is 0 Å². The van der Waals surface area contributed by atoms with E-state index in [0.29, 0.717) is 56.6 Å². The van der Waals surface area contributed by atoms with Crippen molar-refractivity contribution in [2.75, 3.05) is 13.2 Å². The standard InChI is InChI=1S/C19H26N2O5/c1-2-26-16-7-4-3-6-15(16)18(23)20-11-5-8-17(22)21-14-10-9-13(12-14)19(24)25/h3-4,6-7,13-14H,2,5,8-12H2,1H3,(H,20,23)(H,21,22)(H,24,25)/t13-,14+/m1/s1. The molecule has 1 aromatic rings. The van der Waals surface area contributed by atoms with Crippen LogP contribution in [0.2, 0.25) is 0 Å². The molecule has 0 unspecified atom stereocenters. The number of para-hydroxylation sites is 1. The van der Waals surface area contributed by atoms with Crippen LogP contribution in [0.15, 0.2) is 24.3 Å². The van der Waals surface area contributed by atoms with E-state index >= 15 is 0 Å². The second-order valence-electron chi connectivity index (χ2n) is 6.40. The number of carboxylic acids is 1. The van der Waals surface area contributed by atoms with Gasteiger partial charge in [0, 0.05) is 19.0 Å². The van der Waals surface area contributed by atoms with Crippen molar-refractivity contribution in [1.29, 1.82) is 0 Å². The van der Waals surface area contributed by atoms with E-state index in [4.69, 9.17) is 9.84 Å². The van der Waals surface area contributed by atoms with E-state index in [1.165, 1.54) is 0 Å². The van der Waals surface area contributed by atoms with E-state index in [-0.39, 0.29) is 23.8 Å². The fraction of sp³-hybridized carbons (Fsp3) is 0.526. The molecule has 2 amide bonds. The van der Waals surface area contributed by atoms with Gasteiger partial charge in [0.2, 0.25) is 5.91 Å². The first-order valence-corrected chi connectivity index (χ1v) is 9.03. The smallest absolute Gasteiger partial charge is 0.306 e. The first-order chi connectivity index (χ1) is 12.5. The van der Waals surface area contributed by atoms with Crippen molar-refractivity contribution in [3.8, 4) is 5.75 Å². The number of ether oxygens (including phenoxy) is 1. The molecule has 7 heteroatoms. The largest absolute Gasteiger partial charge is 0.493 e. The minimum atomic E-state index is -0.795. The minimum Gasteiger partial charge on any atom is -0.493 e. The van der Waals surface area contributed by atoms with Gasteiger partial charge in [-0.25, -0.2) is 0 Å². The van der Waals surface area contributed by atoms with Crippen LogP contribution in [-0.2, 0) is 9.59 Å². The molecule has 2 atom stereocenters. The first kappa shape index (κ1) is 19.8. The zero-order valence-corrected chi connectivity index (χ0v) is 15.0. The molecular formula is C19H26N2O5. The van der Waals surface area contributed by atoms with Crippen molar-refractivity contribution in [2.24, 2.45) is 5.92 Å². The number of amides is 2. The zero-order valence-electron chi connectivity index (χ0n) is 15.0. The Labute approximate surface area is 153 Å². The maximum atomic E-state index is 12.2. The third-order valence-electron chi connectivity index (χ3n) is 4.44. The lowest BCUT2D eigenvalue weighted by molar-refractivity contribution is -0.141. The summed E-state index contributed by atoms with van der Waals surface area (Å²) in [5.41, 5.74) is 0.476. The Morgan fingerprint density at radius 3 is 2.69 bits per heavy atom. The molecule has 1 fully saturated rings. The summed E-state index contributed by atoms with van der Waals surface area (Å²) in [7, 11) is 0. The summed E-state index contributed by atoms with van der Waals surface area (Å²) < 4.78 is 5.44. The Kier molecular flexibility index (Phi) is 7.44. The Morgan fingerprint density at radius 1 is 1.23 bits per heavy atom. The summed E-state index contributed by atoms with van der Waals surface area (Å²) in [6.07, 6.45) is 2.61. The number of aliphatic carboxylic acids is 1. The lowest BCUT2D eigenvalue weighted by Crippen LogP contribution is -2.34. The third kappa shape index (κ3) is 5.75. The van der Waals surface area contributed by atoms with Gasteiger partial charge in [0.25, 0.3) is 5.91 Å². The normalized spacial score (nSPS) is 19.0. The van der Waals surface area contributed by atoms with Gasteiger partial charge in [-0.3, -0.25) is 14.4 Å². The number of carbonyl (C=O) groups is 3. The molecule has 0 bridgehead atoms. The van der Waals surface area contributed by atoms with E-state index in [2.05, 4.69) is 10.6 Å². The van der Waals surface area contributed by atoms with Gasteiger partial charge >= 0.3 is 5.97 Å². The van der Waals surface area contributed by atoms with Gasteiger partial charge in [0.15, 0.2) is 0 Å². The summed E-state index contributed by atoms with van der Waals surface area (Å²) in [5.74, 6) is -0.944. The Balaban J connectivity index is 1.68. The van der Waals surface area contributed by atoms with Crippen LogP contribution in [0.5, 0.6) is 5.75 Å². The third-order valence-corrected chi connectivity index (χ3v) is 4.44. The van der Waals surface area contributed by atoms with Crippen molar-refractivity contribution < 1.29 is 24.2 Å². The molecule has 1 saturated carbocycles. The number of rotatable bonds is 9. The SMILES string of the molecule is CCOc1ccccc1C(=O)NCCCC(=O)N[C@H]1CC[C@@H](C(=O)O)C1.